The van der Waals surface area contributed by atoms with E-state index in [1.54, 1.807) is 12.1 Å². The Bertz CT molecular complexity index is 1000. The maximum atomic E-state index is 13.3. The zero-order chi connectivity index (χ0) is 20.2. The molecule has 0 saturated carbocycles. The number of fused-ring (bicyclic) bond motifs is 1. The molecule has 1 amide bonds. The molecule has 4 rings (SSSR count). The summed E-state index contributed by atoms with van der Waals surface area (Å²) < 4.78 is 5.55. The molecule has 1 unspecified atom stereocenters. The lowest BCUT2D eigenvalue weighted by Gasteiger charge is -2.38. The smallest absolute Gasteiger partial charge is 0.257 e. The van der Waals surface area contributed by atoms with Gasteiger partial charge in [0.25, 0.3) is 5.91 Å². The molecule has 3 aromatic rings. The molecule has 1 atom stereocenters. The fourth-order valence-corrected chi connectivity index (χ4v) is 3.65. The number of aromatic hydroxyl groups is 1. The molecule has 1 aliphatic rings. The van der Waals surface area contributed by atoms with Gasteiger partial charge in [0.05, 0.1) is 12.2 Å². The number of anilines is 1. The third kappa shape index (κ3) is 3.90. The van der Waals surface area contributed by atoms with Crippen molar-refractivity contribution < 1.29 is 14.6 Å². The van der Waals surface area contributed by atoms with E-state index in [1.807, 2.05) is 60.4 Å². The minimum absolute atomic E-state index is 0.00804. The first-order valence-electron chi connectivity index (χ1n) is 9.83. The van der Waals surface area contributed by atoms with E-state index in [0.717, 1.165) is 17.7 Å². The summed E-state index contributed by atoms with van der Waals surface area (Å²) in [7, 11) is 0. The van der Waals surface area contributed by atoms with Gasteiger partial charge in [0.15, 0.2) is 11.5 Å². The molecule has 0 bridgehead atoms. The van der Waals surface area contributed by atoms with Gasteiger partial charge in [0.2, 0.25) is 0 Å². The van der Waals surface area contributed by atoms with Crippen molar-refractivity contribution in [1.82, 2.24) is 4.90 Å². The van der Waals surface area contributed by atoms with Gasteiger partial charge in [0.1, 0.15) is 6.17 Å². The van der Waals surface area contributed by atoms with Crippen LogP contribution in [-0.2, 0) is 6.42 Å². The first-order chi connectivity index (χ1) is 14.2. The molecule has 3 aromatic carbocycles. The van der Waals surface area contributed by atoms with Crippen LogP contribution in [0.5, 0.6) is 11.5 Å². The average Bonchev–Trinajstić information content (AvgIpc) is 2.75. The summed E-state index contributed by atoms with van der Waals surface area (Å²) in [6.45, 7) is 2.89. The van der Waals surface area contributed by atoms with Crippen LogP contribution in [-0.4, -0.2) is 29.1 Å². The van der Waals surface area contributed by atoms with Crippen molar-refractivity contribution in [3.05, 3.63) is 89.5 Å². The van der Waals surface area contributed by atoms with Crippen LogP contribution >= 0.6 is 0 Å². The molecule has 29 heavy (non-hydrogen) atoms. The molecule has 148 valence electrons. The van der Waals surface area contributed by atoms with Crippen LogP contribution in [0.1, 0.15) is 34.6 Å². The molecule has 1 heterocycles. The predicted molar refractivity (Wildman–Crippen MR) is 113 cm³/mol. The Labute approximate surface area is 170 Å². The number of ether oxygens (including phenoxy) is 1. The fraction of sp³-hybridized carbons (Fsp3) is 0.208. The Hall–Kier alpha value is -3.47. The minimum Gasteiger partial charge on any atom is -0.504 e. The van der Waals surface area contributed by atoms with Crippen molar-refractivity contribution in [3.63, 3.8) is 0 Å². The SMILES string of the molecule is CCOc1cc(C2Nc3ccccc3C(=O)N2CCc2ccccc2)ccc1O. The van der Waals surface area contributed by atoms with Crippen LogP contribution in [0.2, 0.25) is 0 Å². The predicted octanol–water partition coefficient (Wildman–Crippen LogP) is 4.60. The van der Waals surface area contributed by atoms with E-state index >= 15 is 0 Å². The fourth-order valence-electron chi connectivity index (χ4n) is 3.65. The second kappa shape index (κ2) is 8.27. The molecule has 5 heteroatoms. The Morgan fingerprint density at radius 2 is 1.79 bits per heavy atom. The highest BCUT2D eigenvalue weighted by Crippen LogP contribution is 2.36. The number of hydrogen-bond acceptors (Lipinski definition) is 4. The van der Waals surface area contributed by atoms with Crippen LogP contribution in [0, 0.1) is 0 Å². The molecular formula is C24H24N2O3. The molecule has 1 aliphatic heterocycles. The number of para-hydroxylation sites is 1. The summed E-state index contributed by atoms with van der Waals surface area (Å²) >= 11 is 0. The molecule has 0 aromatic heterocycles. The first-order valence-corrected chi connectivity index (χ1v) is 9.83. The highest BCUT2D eigenvalue weighted by atomic mass is 16.5. The van der Waals surface area contributed by atoms with Crippen molar-refractivity contribution in [2.45, 2.75) is 19.5 Å². The highest BCUT2D eigenvalue weighted by molar-refractivity contribution is 6.01. The lowest BCUT2D eigenvalue weighted by atomic mass is 10.0. The number of carbonyl (C=O) groups excluding carboxylic acids is 1. The van der Waals surface area contributed by atoms with Gasteiger partial charge in [0, 0.05) is 12.2 Å². The van der Waals surface area contributed by atoms with Gasteiger partial charge in [-0.2, -0.15) is 0 Å². The number of nitrogens with one attached hydrogen (secondary N) is 1. The number of rotatable bonds is 6. The van der Waals surface area contributed by atoms with E-state index in [9.17, 15) is 9.90 Å². The van der Waals surface area contributed by atoms with Crippen LogP contribution in [0.4, 0.5) is 5.69 Å². The van der Waals surface area contributed by atoms with Gasteiger partial charge < -0.3 is 20.1 Å². The van der Waals surface area contributed by atoms with E-state index in [0.29, 0.717) is 24.5 Å². The van der Waals surface area contributed by atoms with Crippen molar-refractivity contribution >= 4 is 11.6 Å². The molecule has 0 fully saturated rings. The Morgan fingerprint density at radius 1 is 1.03 bits per heavy atom. The minimum atomic E-state index is -0.346. The van der Waals surface area contributed by atoms with Crippen molar-refractivity contribution in [2.75, 3.05) is 18.5 Å². The molecule has 2 N–H and O–H groups in total. The second-order valence-corrected chi connectivity index (χ2v) is 6.99. The van der Waals surface area contributed by atoms with Gasteiger partial charge in [-0.1, -0.05) is 48.5 Å². The normalized spacial score (nSPS) is 15.6. The first kappa shape index (κ1) is 18.9. The topological polar surface area (TPSA) is 61.8 Å². The number of phenolic OH excluding ortho intramolecular Hbond substituents is 1. The largest absolute Gasteiger partial charge is 0.504 e. The number of nitrogens with zero attached hydrogens (tertiary/aromatic N) is 1. The standard InChI is InChI=1S/C24H24N2O3/c1-2-29-22-16-18(12-13-21(22)27)23-25-20-11-7-6-10-19(20)24(28)26(23)15-14-17-8-4-3-5-9-17/h3-13,16,23,25,27H,2,14-15H2,1H3. The third-order valence-corrected chi connectivity index (χ3v) is 5.11. The van der Waals surface area contributed by atoms with Crippen LogP contribution in [0.15, 0.2) is 72.8 Å². The Kier molecular flexibility index (Phi) is 5.38. The number of benzene rings is 3. The van der Waals surface area contributed by atoms with Gasteiger partial charge in [-0.05, 0) is 48.7 Å². The number of hydrogen-bond donors (Lipinski definition) is 2. The van der Waals surface area contributed by atoms with Gasteiger partial charge >= 0.3 is 0 Å². The van der Waals surface area contributed by atoms with E-state index in [4.69, 9.17) is 4.74 Å². The van der Waals surface area contributed by atoms with Gasteiger partial charge in [-0.15, -0.1) is 0 Å². The highest BCUT2D eigenvalue weighted by Gasteiger charge is 2.32. The zero-order valence-electron chi connectivity index (χ0n) is 16.3. The third-order valence-electron chi connectivity index (χ3n) is 5.11. The maximum absolute atomic E-state index is 13.3. The lowest BCUT2D eigenvalue weighted by molar-refractivity contribution is 0.0685. The molecule has 0 saturated heterocycles. The zero-order valence-corrected chi connectivity index (χ0v) is 16.3. The monoisotopic (exact) mass is 388 g/mol. The summed E-state index contributed by atoms with van der Waals surface area (Å²) in [4.78, 5) is 15.1. The Morgan fingerprint density at radius 3 is 2.59 bits per heavy atom. The molecule has 0 radical (unpaired) electrons. The molecule has 0 spiro atoms. The average molecular weight is 388 g/mol. The van der Waals surface area contributed by atoms with E-state index in [-0.39, 0.29) is 17.8 Å². The molecule has 0 aliphatic carbocycles. The molecule has 5 nitrogen and oxygen atoms in total. The maximum Gasteiger partial charge on any atom is 0.257 e. The number of phenols is 1. The van der Waals surface area contributed by atoms with Gasteiger partial charge in [-0.25, -0.2) is 0 Å². The lowest BCUT2D eigenvalue weighted by Crippen LogP contribution is -2.44. The quantitative estimate of drug-likeness (QED) is 0.648. The van der Waals surface area contributed by atoms with E-state index < -0.39 is 0 Å². The summed E-state index contributed by atoms with van der Waals surface area (Å²) in [5, 5.41) is 13.6. The van der Waals surface area contributed by atoms with Crippen molar-refractivity contribution in [3.8, 4) is 11.5 Å². The summed E-state index contributed by atoms with van der Waals surface area (Å²) in [5.74, 6) is 0.501. The van der Waals surface area contributed by atoms with Crippen molar-refractivity contribution in [2.24, 2.45) is 0 Å². The Balaban J connectivity index is 1.69. The van der Waals surface area contributed by atoms with Gasteiger partial charge in [-0.3, -0.25) is 4.79 Å². The van der Waals surface area contributed by atoms with Crippen LogP contribution in [0.25, 0.3) is 0 Å². The molecular weight excluding hydrogens is 364 g/mol. The number of amides is 1. The van der Waals surface area contributed by atoms with Crippen LogP contribution < -0.4 is 10.1 Å². The second-order valence-electron chi connectivity index (χ2n) is 6.99. The summed E-state index contributed by atoms with van der Waals surface area (Å²) in [6.07, 6.45) is 0.407. The summed E-state index contributed by atoms with van der Waals surface area (Å²) in [6, 6.07) is 22.9. The summed E-state index contributed by atoms with van der Waals surface area (Å²) in [5.41, 5.74) is 3.52. The van der Waals surface area contributed by atoms with E-state index in [1.165, 1.54) is 5.56 Å². The van der Waals surface area contributed by atoms with E-state index in [2.05, 4.69) is 17.4 Å². The van der Waals surface area contributed by atoms with Crippen LogP contribution in [0.3, 0.4) is 0 Å². The number of carbonyl (C=O) groups is 1. The van der Waals surface area contributed by atoms with Crippen molar-refractivity contribution in [1.29, 1.82) is 0 Å².